The second-order valence-corrected chi connectivity index (χ2v) is 5.38. The lowest BCUT2D eigenvalue weighted by molar-refractivity contribution is 0.0457. The van der Waals surface area contributed by atoms with E-state index in [4.69, 9.17) is 11.6 Å². The fraction of sp³-hybridized carbons (Fsp3) is 0.692. The van der Waals surface area contributed by atoms with Crippen LogP contribution in [0.15, 0.2) is 11.0 Å². The minimum absolute atomic E-state index is 0.0396. The van der Waals surface area contributed by atoms with Crippen LogP contribution in [-0.4, -0.2) is 27.0 Å². The van der Waals surface area contributed by atoms with Crippen molar-refractivity contribution < 1.29 is 5.11 Å². The largest absolute Gasteiger partial charge is 0.388 e. The fourth-order valence-corrected chi connectivity index (χ4v) is 1.90. The fourth-order valence-electron chi connectivity index (χ4n) is 1.70. The van der Waals surface area contributed by atoms with Crippen molar-refractivity contribution >= 4 is 17.3 Å². The molecule has 5 nitrogen and oxygen atoms in total. The number of aromatic nitrogens is 2. The van der Waals surface area contributed by atoms with Crippen LogP contribution in [0.5, 0.6) is 0 Å². The monoisotopic (exact) mass is 287 g/mol. The van der Waals surface area contributed by atoms with Crippen molar-refractivity contribution in [2.75, 3.05) is 11.9 Å². The van der Waals surface area contributed by atoms with Gasteiger partial charge in [0.1, 0.15) is 5.02 Å². The molecule has 1 heterocycles. The van der Waals surface area contributed by atoms with Crippen LogP contribution >= 0.6 is 11.6 Å². The summed E-state index contributed by atoms with van der Waals surface area (Å²) in [4.78, 5) is 12.0. The zero-order valence-electron chi connectivity index (χ0n) is 11.9. The first-order chi connectivity index (χ1) is 8.84. The summed E-state index contributed by atoms with van der Waals surface area (Å²) >= 11 is 6.04. The molecule has 2 N–H and O–H groups in total. The van der Waals surface area contributed by atoms with E-state index in [0.717, 1.165) is 0 Å². The molecular formula is C13H22ClN3O2. The molecule has 1 aromatic heterocycles. The molecule has 0 atom stereocenters. The van der Waals surface area contributed by atoms with Gasteiger partial charge in [-0.25, -0.2) is 4.68 Å². The highest BCUT2D eigenvalue weighted by molar-refractivity contribution is 6.32. The van der Waals surface area contributed by atoms with E-state index in [9.17, 15) is 9.90 Å². The predicted molar refractivity (Wildman–Crippen MR) is 77.9 cm³/mol. The van der Waals surface area contributed by atoms with E-state index in [1.54, 1.807) is 0 Å². The first-order valence-electron chi connectivity index (χ1n) is 6.58. The summed E-state index contributed by atoms with van der Waals surface area (Å²) in [6, 6.07) is -0.0396. The number of anilines is 1. The first kappa shape index (κ1) is 16.0. The van der Waals surface area contributed by atoms with Crippen molar-refractivity contribution in [1.82, 2.24) is 9.78 Å². The summed E-state index contributed by atoms with van der Waals surface area (Å²) in [5.74, 6) is 0. The van der Waals surface area contributed by atoms with Gasteiger partial charge in [-0.15, -0.1) is 0 Å². The lowest BCUT2D eigenvalue weighted by atomic mass is 9.97. The van der Waals surface area contributed by atoms with Crippen LogP contribution in [0, 0.1) is 0 Å². The number of nitrogens with one attached hydrogen (secondary N) is 1. The number of aliphatic hydroxyl groups is 1. The van der Waals surface area contributed by atoms with Gasteiger partial charge >= 0.3 is 0 Å². The zero-order valence-corrected chi connectivity index (χ0v) is 12.7. The Kier molecular flexibility index (Phi) is 5.38. The summed E-state index contributed by atoms with van der Waals surface area (Å²) in [6.07, 6.45) is 2.78. The van der Waals surface area contributed by atoms with Gasteiger partial charge in [-0.1, -0.05) is 25.4 Å². The van der Waals surface area contributed by atoms with Gasteiger partial charge in [0.05, 0.1) is 23.5 Å². The summed E-state index contributed by atoms with van der Waals surface area (Å²) in [6.45, 7) is 7.91. The molecule has 0 aliphatic heterocycles. The van der Waals surface area contributed by atoms with Crippen molar-refractivity contribution in [3.05, 3.63) is 21.6 Å². The van der Waals surface area contributed by atoms with Gasteiger partial charge in [-0.2, -0.15) is 5.10 Å². The molecule has 0 saturated carbocycles. The van der Waals surface area contributed by atoms with Crippen LogP contribution in [-0.2, 0) is 0 Å². The molecule has 0 saturated heterocycles. The molecule has 0 radical (unpaired) electrons. The summed E-state index contributed by atoms with van der Waals surface area (Å²) < 4.78 is 1.33. The predicted octanol–water partition coefficient (Wildman–Crippen LogP) is 2.44. The smallest absolute Gasteiger partial charge is 0.287 e. The molecule has 0 aliphatic carbocycles. The average molecular weight is 288 g/mol. The molecule has 6 heteroatoms. The molecule has 0 amide bonds. The Balaban J connectivity index is 2.93. The van der Waals surface area contributed by atoms with Crippen LogP contribution in [0.1, 0.15) is 46.6 Å². The number of hydrogen-bond donors (Lipinski definition) is 2. The quantitative estimate of drug-likeness (QED) is 0.843. The van der Waals surface area contributed by atoms with E-state index in [2.05, 4.69) is 10.4 Å². The van der Waals surface area contributed by atoms with E-state index >= 15 is 0 Å². The van der Waals surface area contributed by atoms with Crippen LogP contribution in [0.2, 0.25) is 5.02 Å². The first-order valence-corrected chi connectivity index (χ1v) is 6.96. The summed E-state index contributed by atoms with van der Waals surface area (Å²) in [5, 5.41) is 17.4. The van der Waals surface area contributed by atoms with Crippen molar-refractivity contribution in [2.24, 2.45) is 0 Å². The highest BCUT2D eigenvalue weighted by Gasteiger charge is 2.22. The second-order valence-electron chi connectivity index (χ2n) is 5.00. The van der Waals surface area contributed by atoms with Crippen molar-refractivity contribution in [3.63, 3.8) is 0 Å². The Labute approximate surface area is 118 Å². The van der Waals surface area contributed by atoms with Gasteiger partial charge in [-0.05, 0) is 26.7 Å². The Hall–Kier alpha value is -1.07. The van der Waals surface area contributed by atoms with Gasteiger partial charge in [0, 0.05) is 6.54 Å². The third-order valence-electron chi connectivity index (χ3n) is 3.36. The molecule has 0 spiro atoms. The van der Waals surface area contributed by atoms with E-state index in [0.29, 0.717) is 25.1 Å². The van der Waals surface area contributed by atoms with Crippen molar-refractivity contribution in [3.8, 4) is 0 Å². The summed E-state index contributed by atoms with van der Waals surface area (Å²) in [7, 11) is 0. The van der Waals surface area contributed by atoms with Gasteiger partial charge in [0.2, 0.25) is 0 Å². The zero-order chi connectivity index (χ0) is 14.6. The molecule has 0 bridgehead atoms. The van der Waals surface area contributed by atoms with Crippen LogP contribution in [0.3, 0.4) is 0 Å². The lowest BCUT2D eigenvalue weighted by Crippen LogP contribution is -2.36. The maximum Gasteiger partial charge on any atom is 0.287 e. The molecule has 0 aromatic carbocycles. The Morgan fingerprint density at radius 1 is 1.47 bits per heavy atom. The van der Waals surface area contributed by atoms with Crippen molar-refractivity contribution in [1.29, 1.82) is 0 Å². The molecule has 0 unspecified atom stereocenters. The molecule has 19 heavy (non-hydrogen) atoms. The van der Waals surface area contributed by atoms with E-state index in [1.165, 1.54) is 10.9 Å². The lowest BCUT2D eigenvalue weighted by Gasteiger charge is -2.26. The molecule has 0 fully saturated rings. The van der Waals surface area contributed by atoms with E-state index in [1.807, 2.05) is 27.7 Å². The SMILES string of the molecule is CCC(O)(CC)CNc1cnn(C(C)C)c(=O)c1Cl. The van der Waals surface area contributed by atoms with Gasteiger partial charge < -0.3 is 10.4 Å². The highest BCUT2D eigenvalue weighted by Crippen LogP contribution is 2.20. The topological polar surface area (TPSA) is 67.2 Å². The van der Waals surface area contributed by atoms with Gasteiger partial charge in [-0.3, -0.25) is 4.79 Å². The second kappa shape index (κ2) is 6.39. The standard InChI is InChI=1S/C13H22ClN3O2/c1-5-13(19,6-2)8-15-10-7-16-17(9(3)4)12(18)11(10)14/h7,9,15,19H,5-6,8H2,1-4H3. The molecule has 1 aromatic rings. The third kappa shape index (κ3) is 3.70. The Morgan fingerprint density at radius 2 is 2.05 bits per heavy atom. The molecular weight excluding hydrogens is 266 g/mol. The number of nitrogens with zero attached hydrogens (tertiary/aromatic N) is 2. The minimum atomic E-state index is -0.795. The van der Waals surface area contributed by atoms with Crippen LogP contribution in [0.4, 0.5) is 5.69 Å². The van der Waals surface area contributed by atoms with E-state index in [-0.39, 0.29) is 16.6 Å². The average Bonchev–Trinajstić information content (AvgIpc) is 2.39. The molecule has 0 aliphatic rings. The van der Waals surface area contributed by atoms with E-state index < -0.39 is 5.60 Å². The normalized spacial score (nSPS) is 11.9. The number of rotatable bonds is 6. The minimum Gasteiger partial charge on any atom is -0.388 e. The number of hydrogen-bond acceptors (Lipinski definition) is 4. The molecule has 108 valence electrons. The van der Waals surface area contributed by atoms with Crippen LogP contribution < -0.4 is 10.9 Å². The van der Waals surface area contributed by atoms with Gasteiger partial charge in [0.25, 0.3) is 5.56 Å². The number of halogens is 1. The van der Waals surface area contributed by atoms with Crippen molar-refractivity contribution in [2.45, 2.75) is 52.2 Å². The van der Waals surface area contributed by atoms with Gasteiger partial charge in [0.15, 0.2) is 0 Å². The third-order valence-corrected chi connectivity index (χ3v) is 3.72. The van der Waals surface area contributed by atoms with Crippen LogP contribution in [0.25, 0.3) is 0 Å². The summed E-state index contributed by atoms with van der Waals surface area (Å²) in [5.41, 5.74) is -0.655. The Bertz CT molecular complexity index is 481. The Morgan fingerprint density at radius 3 is 2.53 bits per heavy atom. The maximum atomic E-state index is 12.0. The highest BCUT2D eigenvalue weighted by atomic mass is 35.5. The molecule has 1 rings (SSSR count). The maximum absolute atomic E-state index is 12.0.